The fourth-order valence-electron chi connectivity index (χ4n) is 0.497. The zero-order valence-corrected chi connectivity index (χ0v) is 4.89. The van der Waals surface area contributed by atoms with Gasteiger partial charge >= 0.3 is 5.97 Å². The Morgan fingerprint density at radius 3 is 2.88 bits per heavy atom. The summed E-state index contributed by atoms with van der Waals surface area (Å²) in [5, 5.41) is 0. The van der Waals surface area contributed by atoms with E-state index in [1.165, 1.54) is 6.08 Å². The summed E-state index contributed by atoms with van der Waals surface area (Å²) in [6, 6.07) is 0. The van der Waals surface area contributed by atoms with Crippen LogP contribution in [0.1, 0.15) is 0 Å². The Bertz CT molecular complexity index is 130. The zero-order valence-electron chi connectivity index (χ0n) is 4.13. The van der Waals surface area contributed by atoms with E-state index in [9.17, 15) is 4.79 Å². The van der Waals surface area contributed by atoms with Gasteiger partial charge in [-0.15, -0.1) is 11.6 Å². The Morgan fingerprint density at radius 1 is 1.88 bits per heavy atom. The van der Waals surface area contributed by atoms with Crippen molar-refractivity contribution in [1.29, 1.82) is 0 Å². The van der Waals surface area contributed by atoms with E-state index >= 15 is 0 Å². The standard InChI is InChI=1S/C5H5ClO2/c6-3-4-1-2-5(7)8-4/h1-2,4H,3H2. The van der Waals surface area contributed by atoms with Crippen molar-refractivity contribution in [1.82, 2.24) is 0 Å². The van der Waals surface area contributed by atoms with Crippen LogP contribution in [0.4, 0.5) is 0 Å². The highest BCUT2D eigenvalue weighted by molar-refractivity contribution is 6.18. The van der Waals surface area contributed by atoms with Crippen molar-refractivity contribution in [2.24, 2.45) is 0 Å². The van der Waals surface area contributed by atoms with E-state index in [1.807, 2.05) is 0 Å². The summed E-state index contributed by atoms with van der Waals surface area (Å²) in [5.74, 6) is 0.0538. The molecule has 0 aromatic rings. The van der Waals surface area contributed by atoms with E-state index in [-0.39, 0.29) is 12.1 Å². The molecule has 0 aromatic heterocycles. The number of rotatable bonds is 1. The second-order valence-electron chi connectivity index (χ2n) is 1.49. The molecular formula is C5H5ClO2. The molecule has 0 aliphatic carbocycles. The molecule has 2 nitrogen and oxygen atoms in total. The number of carbonyl (C=O) groups is 1. The monoisotopic (exact) mass is 132 g/mol. The maximum Gasteiger partial charge on any atom is 0.331 e. The highest BCUT2D eigenvalue weighted by atomic mass is 35.5. The third-order valence-electron chi connectivity index (χ3n) is 0.867. The van der Waals surface area contributed by atoms with Crippen LogP contribution in [0.2, 0.25) is 0 Å². The van der Waals surface area contributed by atoms with Crippen molar-refractivity contribution < 1.29 is 9.53 Å². The Labute approximate surface area is 52.1 Å². The zero-order chi connectivity index (χ0) is 5.98. The van der Waals surface area contributed by atoms with E-state index < -0.39 is 0 Å². The van der Waals surface area contributed by atoms with Crippen molar-refractivity contribution >= 4 is 17.6 Å². The van der Waals surface area contributed by atoms with Crippen LogP contribution < -0.4 is 0 Å². The summed E-state index contributed by atoms with van der Waals surface area (Å²) >= 11 is 5.34. The van der Waals surface area contributed by atoms with Gasteiger partial charge in [0, 0.05) is 6.08 Å². The van der Waals surface area contributed by atoms with Crippen LogP contribution in [-0.4, -0.2) is 18.0 Å². The van der Waals surface area contributed by atoms with Crippen molar-refractivity contribution in [3.63, 3.8) is 0 Å². The van der Waals surface area contributed by atoms with E-state index in [0.29, 0.717) is 5.88 Å². The maximum atomic E-state index is 10.2. The van der Waals surface area contributed by atoms with Gasteiger partial charge in [0.2, 0.25) is 0 Å². The summed E-state index contributed by atoms with van der Waals surface area (Å²) in [6.45, 7) is 0. The van der Waals surface area contributed by atoms with E-state index in [1.54, 1.807) is 6.08 Å². The SMILES string of the molecule is O=C1C=CC(CCl)O1. The van der Waals surface area contributed by atoms with Crippen LogP contribution in [0.5, 0.6) is 0 Å². The third kappa shape index (κ3) is 1.01. The number of hydrogen-bond donors (Lipinski definition) is 0. The lowest BCUT2D eigenvalue weighted by Crippen LogP contribution is -2.08. The van der Waals surface area contributed by atoms with Crippen LogP contribution in [0.15, 0.2) is 12.2 Å². The van der Waals surface area contributed by atoms with Crippen LogP contribution in [-0.2, 0) is 9.53 Å². The predicted octanol–water partition coefficient (Wildman–Crippen LogP) is 0.707. The molecule has 0 bridgehead atoms. The van der Waals surface area contributed by atoms with Gasteiger partial charge in [-0.1, -0.05) is 0 Å². The van der Waals surface area contributed by atoms with Gasteiger partial charge in [-0.3, -0.25) is 0 Å². The molecule has 1 heterocycles. The minimum Gasteiger partial charge on any atom is -0.454 e. The molecule has 1 atom stereocenters. The summed E-state index contributed by atoms with van der Waals surface area (Å²) in [6.07, 6.45) is 2.84. The highest BCUT2D eigenvalue weighted by Gasteiger charge is 2.13. The first-order chi connectivity index (χ1) is 3.83. The Balaban J connectivity index is 2.46. The number of halogens is 1. The van der Waals surface area contributed by atoms with Crippen molar-refractivity contribution in [3.8, 4) is 0 Å². The fraction of sp³-hybridized carbons (Fsp3) is 0.400. The smallest absolute Gasteiger partial charge is 0.331 e. The molecule has 3 heteroatoms. The Morgan fingerprint density at radius 2 is 2.62 bits per heavy atom. The van der Waals surface area contributed by atoms with Gasteiger partial charge in [0.15, 0.2) is 0 Å². The highest BCUT2D eigenvalue weighted by Crippen LogP contribution is 2.05. The van der Waals surface area contributed by atoms with Crippen molar-refractivity contribution in [3.05, 3.63) is 12.2 Å². The number of ether oxygens (including phenoxy) is 1. The molecule has 0 N–H and O–H groups in total. The minimum absolute atomic E-state index is 0.191. The van der Waals surface area contributed by atoms with Crippen LogP contribution >= 0.6 is 11.6 Å². The first-order valence-electron chi connectivity index (χ1n) is 2.27. The van der Waals surface area contributed by atoms with Gasteiger partial charge in [0.05, 0.1) is 5.88 Å². The summed E-state index contributed by atoms with van der Waals surface area (Å²) in [7, 11) is 0. The number of esters is 1. The Kier molecular flexibility index (Phi) is 1.53. The molecule has 0 saturated carbocycles. The molecule has 1 aliphatic rings. The summed E-state index contributed by atoms with van der Waals surface area (Å²) in [5.41, 5.74) is 0. The molecule has 0 fully saturated rings. The van der Waals surface area contributed by atoms with Crippen LogP contribution in [0, 0.1) is 0 Å². The number of cyclic esters (lactones) is 1. The molecule has 0 spiro atoms. The largest absolute Gasteiger partial charge is 0.454 e. The number of carbonyl (C=O) groups excluding carboxylic acids is 1. The lowest BCUT2D eigenvalue weighted by molar-refractivity contribution is -0.137. The molecular weight excluding hydrogens is 128 g/mol. The second-order valence-corrected chi connectivity index (χ2v) is 1.80. The van der Waals surface area contributed by atoms with Gasteiger partial charge in [-0.2, -0.15) is 0 Å². The first-order valence-corrected chi connectivity index (χ1v) is 2.81. The van der Waals surface area contributed by atoms with Gasteiger partial charge in [-0.05, 0) is 6.08 Å². The van der Waals surface area contributed by atoms with Crippen LogP contribution in [0.25, 0.3) is 0 Å². The van der Waals surface area contributed by atoms with E-state index in [0.717, 1.165) is 0 Å². The average Bonchev–Trinajstić information content (AvgIpc) is 2.14. The molecule has 0 aromatic carbocycles. The topological polar surface area (TPSA) is 26.3 Å². The average molecular weight is 133 g/mol. The molecule has 0 radical (unpaired) electrons. The predicted molar refractivity (Wildman–Crippen MR) is 29.7 cm³/mol. The van der Waals surface area contributed by atoms with Gasteiger partial charge in [0.1, 0.15) is 6.10 Å². The maximum absolute atomic E-state index is 10.2. The lowest BCUT2D eigenvalue weighted by Gasteiger charge is -1.99. The summed E-state index contributed by atoms with van der Waals surface area (Å²) in [4.78, 5) is 10.2. The second kappa shape index (κ2) is 2.18. The molecule has 44 valence electrons. The van der Waals surface area contributed by atoms with E-state index in [4.69, 9.17) is 11.6 Å². The third-order valence-corrected chi connectivity index (χ3v) is 1.17. The molecule has 0 amide bonds. The fourth-order valence-corrected chi connectivity index (χ4v) is 0.662. The Hall–Kier alpha value is -0.500. The quantitative estimate of drug-likeness (QED) is 0.388. The molecule has 8 heavy (non-hydrogen) atoms. The summed E-state index contributed by atoms with van der Waals surface area (Å²) < 4.78 is 4.63. The normalized spacial score (nSPS) is 26.1. The van der Waals surface area contributed by atoms with E-state index in [2.05, 4.69) is 4.74 Å². The van der Waals surface area contributed by atoms with Gasteiger partial charge < -0.3 is 4.74 Å². The number of alkyl halides is 1. The van der Waals surface area contributed by atoms with Crippen molar-refractivity contribution in [2.45, 2.75) is 6.10 Å². The van der Waals surface area contributed by atoms with Gasteiger partial charge in [-0.25, -0.2) is 4.79 Å². The van der Waals surface area contributed by atoms with Crippen LogP contribution in [0.3, 0.4) is 0 Å². The first kappa shape index (κ1) is 5.63. The molecule has 0 saturated heterocycles. The van der Waals surface area contributed by atoms with Gasteiger partial charge in [0.25, 0.3) is 0 Å². The van der Waals surface area contributed by atoms with Crippen molar-refractivity contribution in [2.75, 3.05) is 5.88 Å². The minimum atomic E-state index is -0.296. The molecule has 1 unspecified atom stereocenters. The molecule has 1 aliphatic heterocycles. The molecule has 1 rings (SSSR count). The number of hydrogen-bond acceptors (Lipinski definition) is 2. The lowest BCUT2D eigenvalue weighted by atomic mass is 10.4.